The number of rotatable bonds is 9. The monoisotopic (exact) mass is 485 g/mol. The third-order valence-corrected chi connectivity index (χ3v) is 6.61. The number of carbonyl (C=O) groups excluding carboxylic acids is 2. The van der Waals surface area contributed by atoms with Crippen LogP contribution in [0.3, 0.4) is 0 Å². The first kappa shape index (κ1) is 24.3. The largest absolute Gasteiger partial charge is 0.352 e. The van der Waals surface area contributed by atoms with Gasteiger partial charge in [-0.1, -0.05) is 55.3 Å². The molecule has 9 heteroatoms. The Kier molecular flexibility index (Phi) is 8.08. The maximum absolute atomic E-state index is 12.9. The maximum Gasteiger partial charge on any atom is 0.263 e. The number of para-hydroxylation sites is 2. The summed E-state index contributed by atoms with van der Waals surface area (Å²) in [5.41, 5.74) is 1.08. The normalized spacial score (nSPS) is 11.0. The van der Waals surface area contributed by atoms with E-state index < -0.39 is 15.9 Å². The molecule has 7 nitrogen and oxygen atoms in total. The topological polar surface area (TPSA) is 104 Å². The van der Waals surface area contributed by atoms with Crippen molar-refractivity contribution < 1.29 is 18.0 Å². The predicted molar refractivity (Wildman–Crippen MR) is 130 cm³/mol. The molecule has 0 spiro atoms. The predicted octanol–water partition coefficient (Wildman–Crippen LogP) is 4.92. The Morgan fingerprint density at radius 3 is 2.33 bits per heavy atom. The number of amides is 2. The van der Waals surface area contributed by atoms with Crippen LogP contribution in [0.5, 0.6) is 0 Å². The minimum absolute atomic E-state index is 0.0225. The second-order valence-corrected chi connectivity index (χ2v) is 9.28. The van der Waals surface area contributed by atoms with Crippen LogP contribution in [0.1, 0.15) is 40.5 Å². The van der Waals surface area contributed by atoms with Crippen molar-refractivity contribution in [2.45, 2.75) is 24.7 Å². The van der Waals surface area contributed by atoms with Gasteiger partial charge in [-0.05, 0) is 48.9 Å². The van der Waals surface area contributed by atoms with Crippen molar-refractivity contribution in [1.82, 2.24) is 5.32 Å². The third-order valence-electron chi connectivity index (χ3n) is 4.74. The molecule has 0 aromatic heterocycles. The molecule has 0 aliphatic carbocycles. The van der Waals surface area contributed by atoms with Gasteiger partial charge in [0.25, 0.3) is 21.8 Å². The van der Waals surface area contributed by atoms with E-state index in [2.05, 4.69) is 15.4 Å². The molecule has 172 valence electrons. The highest BCUT2D eigenvalue weighted by Crippen LogP contribution is 2.26. The van der Waals surface area contributed by atoms with E-state index in [0.717, 1.165) is 12.8 Å². The number of unbranched alkanes of at least 4 members (excludes halogenated alkanes) is 1. The Labute approximate surface area is 198 Å². The summed E-state index contributed by atoms with van der Waals surface area (Å²) in [6.07, 6.45) is 1.79. The molecule has 0 aliphatic heterocycles. The Morgan fingerprint density at radius 1 is 0.909 bits per heavy atom. The summed E-state index contributed by atoms with van der Waals surface area (Å²) in [4.78, 5) is 25.2. The Morgan fingerprint density at radius 2 is 1.61 bits per heavy atom. The number of halogens is 1. The summed E-state index contributed by atoms with van der Waals surface area (Å²) in [6, 6.07) is 18.9. The number of carbonyl (C=O) groups is 2. The second kappa shape index (κ2) is 11.0. The molecule has 0 atom stereocenters. The fourth-order valence-electron chi connectivity index (χ4n) is 3.03. The van der Waals surface area contributed by atoms with Crippen LogP contribution >= 0.6 is 11.6 Å². The molecule has 0 saturated carbocycles. The standard InChI is InChI=1S/C24H24ClN3O4S/c1-2-3-15-26-24(30)19-11-7-8-12-21(19)27-23(29)17-13-14-20(25)22(16-17)33(31,32)28-18-9-5-4-6-10-18/h4-14,16,28H,2-3,15H2,1H3,(H,26,30)(H,27,29). The Bertz CT molecular complexity index is 1250. The Hall–Kier alpha value is -3.36. The van der Waals surface area contributed by atoms with Crippen LogP contribution in [0, 0.1) is 0 Å². The molecule has 0 saturated heterocycles. The number of benzene rings is 3. The average molecular weight is 486 g/mol. The third kappa shape index (κ3) is 6.34. The van der Waals surface area contributed by atoms with Crippen LogP contribution in [0.2, 0.25) is 5.02 Å². The lowest BCUT2D eigenvalue weighted by molar-refractivity contribution is 0.0954. The fourth-order valence-corrected chi connectivity index (χ4v) is 4.61. The van der Waals surface area contributed by atoms with Gasteiger partial charge in [-0.15, -0.1) is 0 Å². The molecule has 0 aliphatic rings. The zero-order valence-corrected chi connectivity index (χ0v) is 19.5. The summed E-state index contributed by atoms with van der Waals surface area (Å²) in [5, 5.41) is 5.48. The van der Waals surface area contributed by atoms with E-state index >= 15 is 0 Å². The molecule has 3 aromatic rings. The van der Waals surface area contributed by atoms with E-state index in [0.29, 0.717) is 23.5 Å². The maximum atomic E-state index is 12.9. The van der Waals surface area contributed by atoms with Gasteiger partial charge in [0.05, 0.1) is 16.3 Å². The van der Waals surface area contributed by atoms with Crippen molar-refractivity contribution in [2.75, 3.05) is 16.6 Å². The summed E-state index contributed by atoms with van der Waals surface area (Å²) in [5.74, 6) is -0.873. The first-order valence-electron chi connectivity index (χ1n) is 10.4. The van der Waals surface area contributed by atoms with E-state index in [-0.39, 0.29) is 21.4 Å². The summed E-state index contributed by atoms with van der Waals surface area (Å²) >= 11 is 6.14. The van der Waals surface area contributed by atoms with Gasteiger partial charge >= 0.3 is 0 Å². The first-order chi connectivity index (χ1) is 15.8. The molecule has 33 heavy (non-hydrogen) atoms. The van der Waals surface area contributed by atoms with Crippen molar-refractivity contribution in [1.29, 1.82) is 0 Å². The minimum Gasteiger partial charge on any atom is -0.352 e. The molecule has 3 rings (SSSR count). The number of nitrogens with one attached hydrogen (secondary N) is 3. The van der Waals surface area contributed by atoms with Crippen LogP contribution in [0.4, 0.5) is 11.4 Å². The number of hydrogen-bond donors (Lipinski definition) is 3. The van der Waals surface area contributed by atoms with Crippen LogP contribution < -0.4 is 15.4 Å². The lowest BCUT2D eigenvalue weighted by Gasteiger charge is -2.13. The smallest absolute Gasteiger partial charge is 0.263 e. The summed E-state index contributed by atoms with van der Waals surface area (Å²) < 4.78 is 28.1. The van der Waals surface area contributed by atoms with E-state index in [1.807, 2.05) is 6.92 Å². The van der Waals surface area contributed by atoms with Gasteiger partial charge in [0.15, 0.2) is 0 Å². The van der Waals surface area contributed by atoms with Crippen LogP contribution in [0.25, 0.3) is 0 Å². The van der Waals surface area contributed by atoms with Gasteiger partial charge in [-0.3, -0.25) is 14.3 Å². The zero-order chi connectivity index (χ0) is 23.8. The van der Waals surface area contributed by atoms with E-state index in [1.165, 1.54) is 18.2 Å². The molecular formula is C24H24ClN3O4S. The van der Waals surface area contributed by atoms with Gasteiger partial charge in [0, 0.05) is 17.8 Å². The van der Waals surface area contributed by atoms with E-state index in [4.69, 9.17) is 11.6 Å². The first-order valence-corrected chi connectivity index (χ1v) is 12.2. The van der Waals surface area contributed by atoms with Gasteiger partial charge in [0.1, 0.15) is 4.90 Å². The highest BCUT2D eigenvalue weighted by Gasteiger charge is 2.21. The Balaban J connectivity index is 1.83. The van der Waals surface area contributed by atoms with Gasteiger partial charge in [-0.25, -0.2) is 8.42 Å². The summed E-state index contributed by atoms with van der Waals surface area (Å²) in [6.45, 7) is 2.56. The van der Waals surface area contributed by atoms with Crippen LogP contribution in [0.15, 0.2) is 77.7 Å². The summed E-state index contributed by atoms with van der Waals surface area (Å²) in [7, 11) is -4.03. The van der Waals surface area contributed by atoms with Gasteiger partial charge < -0.3 is 10.6 Å². The molecule has 0 bridgehead atoms. The van der Waals surface area contributed by atoms with Crippen molar-refractivity contribution >= 4 is 44.8 Å². The van der Waals surface area contributed by atoms with Gasteiger partial charge in [0.2, 0.25) is 0 Å². The molecule has 2 amide bonds. The molecule has 0 fully saturated rings. The number of hydrogen-bond acceptors (Lipinski definition) is 4. The van der Waals surface area contributed by atoms with Crippen molar-refractivity contribution in [3.8, 4) is 0 Å². The highest BCUT2D eigenvalue weighted by molar-refractivity contribution is 7.92. The molecule has 3 aromatic carbocycles. The van der Waals surface area contributed by atoms with Crippen LogP contribution in [-0.4, -0.2) is 26.8 Å². The second-order valence-electron chi connectivity index (χ2n) is 7.23. The van der Waals surface area contributed by atoms with Crippen LogP contribution in [-0.2, 0) is 10.0 Å². The molecular weight excluding hydrogens is 462 g/mol. The lowest BCUT2D eigenvalue weighted by Crippen LogP contribution is -2.26. The van der Waals surface area contributed by atoms with Gasteiger partial charge in [-0.2, -0.15) is 0 Å². The lowest BCUT2D eigenvalue weighted by atomic mass is 10.1. The number of anilines is 2. The SMILES string of the molecule is CCCCNC(=O)c1ccccc1NC(=O)c1ccc(Cl)c(S(=O)(=O)Nc2ccccc2)c1. The van der Waals surface area contributed by atoms with Crippen molar-refractivity contribution in [2.24, 2.45) is 0 Å². The molecule has 3 N–H and O–H groups in total. The van der Waals surface area contributed by atoms with E-state index in [1.54, 1.807) is 54.6 Å². The van der Waals surface area contributed by atoms with Crippen molar-refractivity contribution in [3.05, 3.63) is 88.9 Å². The quantitative estimate of drug-likeness (QED) is 0.374. The molecule has 0 heterocycles. The molecule has 0 unspecified atom stereocenters. The highest BCUT2D eigenvalue weighted by atomic mass is 35.5. The van der Waals surface area contributed by atoms with E-state index in [9.17, 15) is 18.0 Å². The fraction of sp³-hybridized carbons (Fsp3) is 0.167. The number of sulfonamides is 1. The molecule has 0 radical (unpaired) electrons. The average Bonchev–Trinajstić information content (AvgIpc) is 2.80. The zero-order valence-electron chi connectivity index (χ0n) is 18.0. The minimum atomic E-state index is -4.03. The van der Waals surface area contributed by atoms with Crippen molar-refractivity contribution in [3.63, 3.8) is 0 Å².